The monoisotopic (exact) mass is 239 g/mol. The van der Waals surface area contributed by atoms with Crippen LogP contribution in [0.15, 0.2) is 0 Å². The molecule has 0 spiro atoms. The van der Waals surface area contributed by atoms with Crippen molar-refractivity contribution in [3.63, 3.8) is 0 Å². The molecule has 6 heteroatoms. The molecule has 1 aromatic heterocycles. The number of carboxylic acid groups (broad SMARTS) is 1. The van der Waals surface area contributed by atoms with Gasteiger partial charge in [0.25, 0.3) is 0 Å². The quantitative estimate of drug-likeness (QED) is 0.667. The van der Waals surface area contributed by atoms with Crippen LogP contribution < -0.4 is 5.73 Å². The summed E-state index contributed by atoms with van der Waals surface area (Å²) in [5, 5.41) is 18.0. The largest absolute Gasteiger partial charge is 0.480 e. The molecule has 6 nitrogen and oxygen atoms in total. The number of fused-ring (bicyclic) bond motifs is 1. The third kappa shape index (κ3) is 2.32. The minimum Gasteiger partial charge on any atom is -0.480 e. The molecule has 0 saturated heterocycles. The highest BCUT2D eigenvalue weighted by Gasteiger charge is 2.22. The molecule has 2 rings (SSSR count). The molecule has 1 unspecified atom stereocenters. The van der Waals surface area contributed by atoms with Crippen molar-refractivity contribution in [2.75, 3.05) is 0 Å². The van der Waals surface area contributed by atoms with Crippen molar-refractivity contribution in [2.45, 2.75) is 44.9 Å². The van der Waals surface area contributed by atoms with Crippen LogP contribution in [0.5, 0.6) is 0 Å². The fourth-order valence-corrected chi connectivity index (χ4v) is 2.26. The Bertz CT molecular complexity index is 428. The van der Waals surface area contributed by atoms with Gasteiger partial charge in [-0.05, 0) is 19.3 Å². The molecule has 0 radical (unpaired) electrons. The van der Waals surface area contributed by atoms with Gasteiger partial charge in [-0.3, -0.25) is 4.79 Å². The number of aliphatic carboxylic acids is 1. The van der Waals surface area contributed by atoms with Crippen LogP contribution in [0.25, 0.3) is 0 Å². The summed E-state index contributed by atoms with van der Waals surface area (Å²) in [7, 11) is 0. The van der Waals surface area contributed by atoms with E-state index in [1.165, 1.54) is 0 Å². The molecule has 17 heavy (non-hydrogen) atoms. The van der Waals surface area contributed by atoms with Crippen LogP contribution in [-0.4, -0.2) is 31.8 Å². The maximum Gasteiger partial charge on any atom is 0.320 e. The van der Waals surface area contributed by atoms with Crippen LogP contribution in [-0.2, 0) is 30.8 Å². The number of imidazole rings is 1. The summed E-state index contributed by atoms with van der Waals surface area (Å²) in [6, 6.07) is -0.935. The minimum absolute atomic E-state index is 0.0996. The molecule has 0 saturated carbocycles. The molecule has 4 N–H and O–H groups in total. The molecule has 2 heterocycles. The molecular weight excluding hydrogens is 222 g/mol. The van der Waals surface area contributed by atoms with Gasteiger partial charge < -0.3 is 20.5 Å². The first-order chi connectivity index (χ1) is 8.13. The van der Waals surface area contributed by atoms with Gasteiger partial charge in [0.15, 0.2) is 0 Å². The Morgan fingerprint density at radius 1 is 1.53 bits per heavy atom. The summed E-state index contributed by atoms with van der Waals surface area (Å²) in [6.07, 6.45) is 3.25. The van der Waals surface area contributed by atoms with Gasteiger partial charge in [-0.2, -0.15) is 0 Å². The van der Waals surface area contributed by atoms with Gasteiger partial charge in [0.1, 0.15) is 11.9 Å². The van der Waals surface area contributed by atoms with E-state index in [9.17, 15) is 9.90 Å². The standard InChI is InChI=1S/C11H17N3O3/c12-7(11(16)17)5-10-13-8(6-15)9-3-1-2-4-14(9)10/h7,15H,1-6,12H2,(H,16,17). The molecule has 0 bridgehead atoms. The first-order valence-corrected chi connectivity index (χ1v) is 5.80. The highest BCUT2D eigenvalue weighted by Crippen LogP contribution is 2.21. The van der Waals surface area contributed by atoms with Gasteiger partial charge in [-0.1, -0.05) is 0 Å². The molecule has 1 atom stereocenters. The number of aliphatic hydroxyl groups excluding tert-OH is 1. The first-order valence-electron chi connectivity index (χ1n) is 5.80. The Balaban J connectivity index is 2.28. The van der Waals surface area contributed by atoms with Crippen LogP contribution in [0, 0.1) is 0 Å². The number of hydrogen-bond acceptors (Lipinski definition) is 4. The minimum atomic E-state index is -1.02. The Morgan fingerprint density at radius 3 is 2.94 bits per heavy atom. The number of hydrogen-bond donors (Lipinski definition) is 3. The lowest BCUT2D eigenvalue weighted by Crippen LogP contribution is -2.33. The molecule has 1 aliphatic rings. The summed E-state index contributed by atoms with van der Waals surface area (Å²) in [6.45, 7) is 0.738. The summed E-state index contributed by atoms with van der Waals surface area (Å²) in [5.41, 5.74) is 7.21. The van der Waals surface area contributed by atoms with Crippen molar-refractivity contribution < 1.29 is 15.0 Å². The number of carbonyl (C=O) groups is 1. The van der Waals surface area contributed by atoms with Gasteiger partial charge in [0.05, 0.1) is 12.3 Å². The van der Waals surface area contributed by atoms with Crippen molar-refractivity contribution in [3.8, 4) is 0 Å². The second-order valence-electron chi connectivity index (χ2n) is 4.34. The fourth-order valence-electron chi connectivity index (χ4n) is 2.26. The van der Waals surface area contributed by atoms with Crippen LogP contribution >= 0.6 is 0 Å². The zero-order valence-electron chi connectivity index (χ0n) is 9.59. The number of aromatic nitrogens is 2. The molecule has 1 aromatic rings. The van der Waals surface area contributed by atoms with Crippen LogP contribution in [0.3, 0.4) is 0 Å². The zero-order valence-corrected chi connectivity index (χ0v) is 9.59. The Hall–Kier alpha value is -1.40. The topological polar surface area (TPSA) is 101 Å². The van der Waals surface area contributed by atoms with E-state index in [4.69, 9.17) is 10.8 Å². The second-order valence-corrected chi connectivity index (χ2v) is 4.34. The van der Waals surface area contributed by atoms with Gasteiger partial charge in [-0.15, -0.1) is 0 Å². The van der Waals surface area contributed by atoms with Gasteiger partial charge >= 0.3 is 5.97 Å². The van der Waals surface area contributed by atoms with Crippen LogP contribution in [0.1, 0.15) is 30.1 Å². The smallest absolute Gasteiger partial charge is 0.320 e. The fraction of sp³-hybridized carbons (Fsp3) is 0.636. The third-order valence-electron chi connectivity index (χ3n) is 3.15. The highest BCUT2D eigenvalue weighted by atomic mass is 16.4. The summed E-state index contributed by atoms with van der Waals surface area (Å²) < 4.78 is 2.01. The van der Waals surface area contributed by atoms with Gasteiger partial charge in [0, 0.05) is 18.7 Å². The number of nitrogens with two attached hydrogens (primary N) is 1. The number of rotatable bonds is 4. The third-order valence-corrected chi connectivity index (χ3v) is 3.15. The average molecular weight is 239 g/mol. The molecule has 0 aromatic carbocycles. The number of aliphatic hydroxyl groups is 1. The average Bonchev–Trinajstić information content (AvgIpc) is 2.68. The normalized spacial score (nSPS) is 16.6. The van der Waals surface area contributed by atoms with Crippen LogP contribution in [0.4, 0.5) is 0 Å². The van der Waals surface area contributed by atoms with E-state index in [-0.39, 0.29) is 13.0 Å². The Labute approximate surface area is 99.1 Å². The zero-order chi connectivity index (χ0) is 12.4. The van der Waals surface area contributed by atoms with Crippen molar-refractivity contribution in [3.05, 3.63) is 17.2 Å². The van der Waals surface area contributed by atoms with E-state index in [2.05, 4.69) is 4.98 Å². The number of carboxylic acids is 1. The van der Waals surface area contributed by atoms with Crippen molar-refractivity contribution in [2.24, 2.45) is 5.73 Å². The molecule has 1 aliphatic heterocycles. The van der Waals surface area contributed by atoms with E-state index in [1.807, 2.05) is 4.57 Å². The van der Waals surface area contributed by atoms with Crippen LogP contribution in [0.2, 0.25) is 0 Å². The lowest BCUT2D eigenvalue weighted by Gasteiger charge is -2.17. The van der Waals surface area contributed by atoms with Gasteiger partial charge in [0.2, 0.25) is 0 Å². The summed E-state index contributed by atoms with van der Waals surface area (Å²) in [5.74, 6) is -0.345. The summed E-state index contributed by atoms with van der Waals surface area (Å²) in [4.78, 5) is 15.0. The maximum absolute atomic E-state index is 10.7. The maximum atomic E-state index is 10.7. The number of nitrogens with zero attached hydrogens (tertiary/aromatic N) is 2. The first kappa shape index (κ1) is 12.1. The Morgan fingerprint density at radius 2 is 2.29 bits per heavy atom. The molecule has 0 fully saturated rings. The predicted molar refractivity (Wildman–Crippen MR) is 60.4 cm³/mol. The predicted octanol–water partition coefficient (Wildman–Crippen LogP) is -0.334. The van der Waals surface area contributed by atoms with Crippen molar-refractivity contribution in [1.29, 1.82) is 0 Å². The lowest BCUT2D eigenvalue weighted by atomic mass is 10.1. The van der Waals surface area contributed by atoms with E-state index >= 15 is 0 Å². The van der Waals surface area contributed by atoms with E-state index < -0.39 is 12.0 Å². The SMILES string of the molecule is NC(Cc1nc(CO)c2n1CCCC2)C(=O)O. The summed E-state index contributed by atoms with van der Waals surface area (Å²) >= 11 is 0. The molecule has 0 amide bonds. The van der Waals surface area contributed by atoms with E-state index in [1.54, 1.807) is 0 Å². The van der Waals surface area contributed by atoms with E-state index in [0.29, 0.717) is 11.5 Å². The second kappa shape index (κ2) is 4.85. The molecule has 94 valence electrons. The lowest BCUT2D eigenvalue weighted by molar-refractivity contribution is -0.138. The highest BCUT2D eigenvalue weighted by molar-refractivity contribution is 5.73. The van der Waals surface area contributed by atoms with Gasteiger partial charge in [-0.25, -0.2) is 4.98 Å². The van der Waals surface area contributed by atoms with E-state index in [0.717, 1.165) is 31.5 Å². The van der Waals surface area contributed by atoms with Crippen molar-refractivity contribution >= 4 is 5.97 Å². The molecular formula is C11H17N3O3. The Kier molecular flexibility index (Phi) is 3.44. The molecule has 0 aliphatic carbocycles. The van der Waals surface area contributed by atoms with Crippen molar-refractivity contribution in [1.82, 2.24) is 9.55 Å².